The highest BCUT2D eigenvalue weighted by molar-refractivity contribution is 9.10. The first-order valence-corrected chi connectivity index (χ1v) is 6.20. The molecular weight excluding hydrogens is 299 g/mol. The molecule has 0 aliphatic carbocycles. The van der Waals surface area contributed by atoms with Gasteiger partial charge in [0.2, 0.25) is 0 Å². The summed E-state index contributed by atoms with van der Waals surface area (Å²) in [6.07, 6.45) is 3.28. The van der Waals surface area contributed by atoms with Crippen LogP contribution < -0.4 is 10.1 Å². The van der Waals surface area contributed by atoms with Gasteiger partial charge in [0.15, 0.2) is 0 Å². The van der Waals surface area contributed by atoms with Crippen LogP contribution in [0.25, 0.3) is 0 Å². The molecule has 0 amide bonds. The zero-order valence-electron chi connectivity index (χ0n) is 9.78. The zero-order valence-corrected chi connectivity index (χ0v) is 11.4. The second-order valence-corrected chi connectivity index (χ2v) is 4.64. The third kappa shape index (κ3) is 3.27. The lowest BCUT2D eigenvalue weighted by Crippen LogP contribution is -2.06. The van der Waals surface area contributed by atoms with Gasteiger partial charge < -0.3 is 10.1 Å². The van der Waals surface area contributed by atoms with Crippen LogP contribution >= 0.6 is 15.9 Å². The van der Waals surface area contributed by atoms with Crippen LogP contribution in [0.5, 0.6) is 11.5 Å². The fourth-order valence-electron chi connectivity index (χ4n) is 1.55. The first kappa shape index (κ1) is 13.0. The highest BCUT2D eigenvalue weighted by atomic mass is 79.9. The van der Waals surface area contributed by atoms with Gasteiger partial charge in [-0.2, -0.15) is 0 Å². The third-order valence-electron chi connectivity index (χ3n) is 2.30. The Kier molecular flexibility index (Phi) is 4.28. The van der Waals surface area contributed by atoms with Crippen molar-refractivity contribution < 1.29 is 9.13 Å². The van der Waals surface area contributed by atoms with Gasteiger partial charge in [-0.15, -0.1) is 0 Å². The highest BCUT2D eigenvalue weighted by Gasteiger charge is 2.06. The maximum Gasteiger partial charge on any atom is 0.146 e. The minimum atomic E-state index is -0.278. The number of hydrogen-bond acceptors (Lipinski definition) is 3. The predicted molar refractivity (Wildman–Crippen MR) is 71.2 cm³/mol. The van der Waals surface area contributed by atoms with Gasteiger partial charge in [0, 0.05) is 22.8 Å². The van der Waals surface area contributed by atoms with Gasteiger partial charge in [0.1, 0.15) is 17.3 Å². The zero-order chi connectivity index (χ0) is 13.0. The summed E-state index contributed by atoms with van der Waals surface area (Å²) in [5.41, 5.74) is 0.762. The Morgan fingerprint density at radius 1 is 1.33 bits per heavy atom. The smallest absolute Gasteiger partial charge is 0.146 e. The molecule has 0 bridgehead atoms. The summed E-state index contributed by atoms with van der Waals surface area (Å²) in [7, 11) is 1.80. The molecule has 0 spiro atoms. The molecule has 1 aromatic heterocycles. The quantitative estimate of drug-likeness (QED) is 0.938. The second-order valence-electron chi connectivity index (χ2n) is 3.72. The first-order chi connectivity index (χ1) is 8.69. The molecule has 0 unspecified atom stereocenters. The Morgan fingerprint density at radius 2 is 2.17 bits per heavy atom. The topological polar surface area (TPSA) is 34.1 Å². The minimum Gasteiger partial charge on any atom is -0.455 e. The van der Waals surface area contributed by atoms with Crippen LogP contribution in [0.3, 0.4) is 0 Å². The molecule has 0 aliphatic heterocycles. The minimum absolute atomic E-state index is 0.278. The largest absolute Gasteiger partial charge is 0.455 e. The second kappa shape index (κ2) is 5.93. The van der Waals surface area contributed by atoms with Gasteiger partial charge in [0.05, 0.1) is 6.20 Å². The number of nitrogens with one attached hydrogen (secondary N) is 1. The van der Waals surface area contributed by atoms with Crippen molar-refractivity contribution in [3.05, 3.63) is 52.5 Å². The van der Waals surface area contributed by atoms with Crippen molar-refractivity contribution in [3.8, 4) is 11.5 Å². The molecule has 0 atom stereocenters. The van der Waals surface area contributed by atoms with E-state index in [9.17, 15) is 4.39 Å². The Balaban J connectivity index is 2.28. The Labute approximate surface area is 113 Å². The van der Waals surface area contributed by atoms with Gasteiger partial charge in [-0.25, -0.2) is 4.39 Å². The van der Waals surface area contributed by atoms with Crippen LogP contribution in [0, 0.1) is 5.82 Å². The maximum atomic E-state index is 13.2. The van der Waals surface area contributed by atoms with E-state index in [-0.39, 0.29) is 5.82 Å². The van der Waals surface area contributed by atoms with Crippen LogP contribution in [0.2, 0.25) is 0 Å². The fourth-order valence-corrected chi connectivity index (χ4v) is 1.90. The number of ether oxygens (including phenoxy) is 1. The summed E-state index contributed by atoms with van der Waals surface area (Å²) in [6.45, 7) is 0.536. The molecule has 0 aliphatic rings. The molecule has 0 fully saturated rings. The summed E-state index contributed by atoms with van der Waals surface area (Å²) in [5, 5.41) is 2.98. The van der Waals surface area contributed by atoms with Gasteiger partial charge >= 0.3 is 0 Å². The van der Waals surface area contributed by atoms with Crippen molar-refractivity contribution in [2.75, 3.05) is 7.05 Å². The summed E-state index contributed by atoms with van der Waals surface area (Å²) in [6, 6.07) is 6.25. The molecule has 94 valence electrons. The van der Waals surface area contributed by atoms with Crippen LogP contribution in [0.4, 0.5) is 4.39 Å². The fraction of sp³-hybridized carbons (Fsp3) is 0.154. The van der Waals surface area contributed by atoms with Gasteiger partial charge in [-0.1, -0.05) is 0 Å². The molecule has 0 saturated heterocycles. The third-order valence-corrected chi connectivity index (χ3v) is 2.73. The van der Waals surface area contributed by atoms with E-state index < -0.39 is 0 Å². The summed E-state index contributed by atoms with van der Waals surface area (Å²) in [4.78, 5) is 4.01. The standard InChI is InChI=1S/C13H12BrFN2O/c1-16-6-9-4-11(15)2-3-13(9)18-12-5-10(14)7-17-8-12/h2-5,7-8,16H,6H2,1H3. The molecule has 2 rings (SSSR count). The number of nitrogens with zero attached hydrogens (tertiary/aromatic N) is 1. The van der Waals surface area contributed by atoms with Crippen molar-refractivity contribution in [2.45, 2.75) is 6.54 Å². The van der Waals surface area contributed by atoms with Gasteiger partial charge in [-0.05, 0) is 47.2 Å². The molecule has 2 aromatic rings. The van der Waals surface area contributed by atoms with Crippen LogP contribution in [-0.2, 0) is 6.54 Å². The van der Waals surface area contributed by atoms with Crippen LogP contribution in [0.1, 0.15) is 5.56 Å². The Hall–Kier alpha value is -1.46. The molecule has 18 heavy (non-hydrogen) atoms. The van der Waals surface area contributed by atoms with Gasteiger partial charge in [-0.3, -0.25) is 4.98 Å². The van der Waals surface area contributed by atoms with E-state index in [0.29, 0.717) is 18.0 Å². The molecule has 1 heterocycles. The molecule has 3 nitrogen and oxygen atoms in total. The number of benzene rings is 1. The van der Waals surface area contributed by atoms with E-state index in [1.165, 1.54) is 12.1 Å². The average molecular weight is 311 g/mol. The van der Waals surface area contributed by atoms with E-state index in [4.69, 9.17) is 4.74 Å². The summed E-state index contributed by atoms with van der Waals surface area (Å²) >= 11 is 3.32. The predicted octanol–water partition coefficient (Wildman–Crippen LogP) is 3.49. The summed E-state index contributed by atoms with van der Waals surface area (Å²) in [5.74, 6) is 0.943. The molecule has 0 saturated carbocycles. The van der Waals surface area contributed by atoms with Crippen molar-refractivity contribution in [3.63, 3.8) is 0 Å². The Morgan fingerprint density at radius 3 is 2.89 bits per heavy atom. The molecule has 1 N–H and O–H groups in total. The van der Waals surface area contributed by atoms with Crippen LogP contribution in [-0.4, -0.2) is 12.0 Å². The van der Waals surface area contributed by atoms with E-state index in [2.05, 4.69) is 26.2 Å². The monoisotopic (exact) mass is 310 g/mol. The first-order valence-electron chi connectivity index (χ1n) is 5.40. The SMILES string of the molecule is CNCc1cc(F)ccc1Oc1cncc(Br)c1. The number of aromatic nitrogens is 1. The summed E-state index contributed by atoms with van der Waals surface area (Å²) < 4.78 is 19.7. The lowest BCUT2D eigenvalue weighted by Gasteiger charge is -2.11. The van der Waals surface area contributed by atoms with Crippen LogP contribution in [0.15, 0.2) is 41.1 Å². The van der Waals surface area contributed by atoms with E-state index in [1.54, 1.807) is 31.6 Å². The van der Waals surface area contributed by atoms with E-state index >= 15 is 0 Å². The molecule has 0 radical (unpaired) electrons. The molecular formula is C13H12BrFN2O. The van der Waals surface area contributed by atoms with Crippen molar-refractivity contribution in [1.82, 2.24) is 10.3 Å². The highest BCUT2D eigenvalue weighted by Crippen LogP contribution is 2.27. The van der Waals surface area contributed by atoms with Crippen molar-refractivity contribution >= 4 is 15.9 Å². The molecule has 5 heteroatoms. The number of rotatable bonds is 4. The van der Waals surface area contributed by atoms with E-state index in [0.717, 1.165) is 10.0 Å². The van der Waals surface area contributed by atoms with Crippen molar-refractivity contribution in [1.29, 1.82) is 0 Å². The van der Waals surface area contributed by atoms with Gasteiger partial charge in [0.25, 0.3) is 0 Å². The lowest BCUT2D eigenvalue weighted by atomic mass is 10.2. The lowest BCUT2D eigenvalue weighted by molar-refractivity contribution is 0.469. The number of halogens is 2. The number of pyridine rings is 1. The number of hydrogen-bond donors (Lipinski definition) is 1. The van der Waals surface area contributed by atoms with Crippen molar-refractivity contribution in [2.24, 2.45) is 0 Å². The molecule has 1 aromatic carbocycles. The maximum absolute atomic E-state index is 13.2. The average Bonchev–Trinajstić information content (AvgIpc) is 2.33. The Bertz CT molecular complexity index is 548. The normalized spacial score (nSPS) is 10.4. The van der Waals surface area contributed by atoms with E-state index in [1.807, 2.05) is 0 Å².